The molecule has 2 aliphatic rings. The second-order valence-corrected chi connectivity index (χ2v) is 13.7. The number of amides is 3. The first-order chi connectivity index (χ1) is 21.5. The predicted octanol–water partition coefficient (Wildman–Crippen LogP) is 5.47. The van der Waals surface area contributed by atoms with Gasteiger partial charge in [0, 0.05) is 50.2 Å². The van der Waals surface area contributed by atoms with Gasteiger partial charge in [-0.15, -0.1) is 0 Å². The summed E-state index contributed by atoms with van der Waals surface area (Å²) in [7, 11) is 0. The quantitative estimate of drug-likeness (QED) is 0.335. The van der Waals surface area contributed by atoms with Gasteiger partial charge in [0.2, 0.25) is 5.91 Å². The third-order valence-electron chi connectivity index (χ3n) is 8.51. The number of rotatable bonds is 8. The summed E-state index contributed by atoms with van der Waals surface area (Å²) >= 11 is 0. The standard InChI is InChI=1S/C36H48N4O5/c1-26(2)23-40(34(42)32-22-28-13-9-10-14-31(28)39(32)16-15-27-11-7-6-8-12-27)30-21-29(33(41)37-17-19-44-20-18-37)24-38(25-30)35(43)45-36(3,4)5/h6-14,22,26,29-30H,15-21,23-25H2,1-5H3/t29-,30+/m1/s1. The van der Waals surface area contributed by atoms with Crippen molar-refractivity contribution in [1.82, 2.24) is 19.3 Å². The molecule has 9 nitrogen and oxygen atoms in total. The van der Waals surface area contributed by atoms with Crippen LogP contribution < -0.4 is 0 Å². The molecule has 1 aromatic heterocycles. The van der Waals surface area contributed by atoms with Crippen molar-refractivity contribution in [2.75, 3.05) is 45.9 Å². The smallest absolute Gasteiger partial charge is 0.410 e. The molecule has 0 aliphatic carbocycles. The molecule has 0 radical (unpaired) electrons. The fourth-order valence-electron chi connectivity index (χ4n) is 6.45. The number of likely N-dealkylation sites (tertiary alicyclic amines) is 1. The van der Waals surface area contributed by atoms with E-state index in [0.29, 0.717) is 58.1 Å². The molecule has 0 spiro atoms. The monoisotopic (exact) mass is 616 g/mol. The van der Waals surface area contributed by atoms with Gasteiger partial charge in [-0.3, -0.25) is 9.59 Å². The maximum absolute atomic E-state index is 14.7. The summed E-state index contributed by atoms with van der Waals surface area (Å²) in [5.41, 5.74) is 2.16. The van der Waals surface area contributed by atoms with Gasteiger partial charge in [0.15, 0.2) is 0 Å². The highest BCUT2D eigenvalue weighted by atomic mass is 16.6. The Hall–Kier alpha value is -3.85. The zero-order valence-electron chi connectivity index (χ0n) is 27.4. The number of piperidine rings is 1. The van der Waals surface area contributed by atoms with E-state index < -0.39 is 17.6 Å². The minimum absolute atomic E-state index is 0.00507. The number of para-hydroxylation sites is 1. The Balaban J connectivity index is 1.48. The fourth-order valence-corrected chi connectivity index (χ4v) is 6.45. The second kappa shape index (κ2) is 14.1. The molecule has 2 aromatic carbocycles. The average molecular weight is 617 g/mol. The molecule has 0 saturated carbocycles. The Kier molecular flexibility index (Phi) is 10.2. The average Bonchev–Trinajstić information content (AvgIpc) is 3.40. The van der Waals surface area contributed by atoms with Crippen molar-refractivity contribution < 1.29 is 23.9 Å². The Bertz CT molecular complexity index is 1470. The Morgan fingerprint density at radius 3 is 2.33 bits per heavy atom. The molecule has 3 aromatic rings. The van der Waals surface area contributed by atoms with Gasteiger partial charge in [0.25, 0.3) is 5.91 Å². The Morgan fingerprint density at radius 1 is 0.956 bits per heavy atom. The maximum Gasteiger partial charge on any atom is 0.410 e. The summed E-state index contributed by atoms with van der Waals surface area (Å²) in [6.45, 7) is 13.5. The van der Waals surface area contributed by atoms with E-state index in [-0.39, 0.29) is 30.3 Å². The van der Waals surface area contributed by atoms with E-state index in [0.717, 1.165) is 17.3 Å². The second-order valence-electron chi connectivity index (χ2n) is 13.7. The molecule has 3 amide bonds. The predicted molar refractivity (Wildman–Crippen MR) is 175 cm³/mol. The van der Waals surface area contributed by atoms with Gasteiger partial charge in [-0.1, -0.05) is 62.4 Å². The number of carbonyl (C=O) groups excluding carboxylic acids is 3. The van der Waals surface area contributed by atoms with Gasteiger partial charge in [-0.05, 0) is 57.2 Å². The van der Waals surface area contributed by atoms with Crippen molar-refractivity contribution in [3.8, 4) is 0 Å². The summed E-state index contributed by atoms with van der Waals surface area (Å²) in [6.07, 6.45) is 0.814. The summed E-state index contributed by atoms with van der Waals surface area (Å²) in [5.74, 6) is -0.339. The van der Waals surface area contributed by atoms with Crippen LogP contribution in [-0.2, 0) is 27.2 Å². The van der Waals surface area contributed by atoms with Gasteiger partial charge >= 0.3 is 6.09 Å². The first kappa shape index (κ1) is 32.5. The number of carbonyl (C=O) groups is 3. The van der Waals surface area contributed by atoms with Crippen LogP contribution in [0, 0.1) is 11.8 Å². The Morgan fingerprint density at radius 2 is 1.64 bits per heavy atom. The number of hydrogen-bond acceptors (Lipinski definition) is 5. The van der Waals surface area contributed by atoms with Gasteiger partial charge < -0.3 is 28.7 Å². The van der Waals surface area contributed by atoms with Crippen molar-refractivity contribution in [3.63, 3.8) is 0 Å². The van der Waals surface area contributed by atoms with Crippen LogP contribution in [0.5, 0.6) is 0 Å². The van der Waals surface area contributed by atoms with Crippen molar-refractivity contribution in [2.24, 2.45) is 11.8 Å². The van der Waals surface area contributed by atoms with E-state index in [4.69, 9.17) is 9.47 Å². The molecule has 2 saturated heterocycles. The fraction of sp³-hybridized carbons (Fsp3) is 0.528. The number of nitrogens with zero attached hydrogens (tertiary/aromatic N) is 4. The molecule has 5 rings (SSSR count). The van der Waals surface area contributed by atoms with Crippen molar-refractivity contribution >= 4 is 28.8 Å². The number of benzene rings is 2. The van der Waals surface area contributed by atoms with E-state index in [1.54, 1.807) is 4.90 Å². The van der Waals surface area contributed by atoms with Crippen LogP contribution in [0.3, 0.4) is 0 Å². The van der Waals surface area contributed by atoms with Crippen LogP contribution in [0.25, 0.3) is 10.9 Å². The first-order valence-corrected chi connectivity index (χ1v) is 16.3. The third kappa shape index (κ3) is 8.06. The molecule has 0 bridgehead atoms. The lowest BCUT2D eigenvalue weighted by molar-refractivity contribution is -0.142. The molecule has 0 N–H and O–H groups in total. The number of morpholine rings is 1. The molecular formula is C36H48N4O5. The van der Waals surface area contributed by atoms with E-state index in [2.05, 4.69) is 36.6 Å². The Labute approximate surface area is 267 Å². The molecule has 0 unspecified atom stereocenters. The highest BCUT2D eigenvalue weighted by Crippen LogP contribution is 2.29. The zero-order valence-corrected chi connectivity index (χ0v) is 27.4. The van der Waals surface area contributed by atoms with E-state index in [9.17, 15) is 14.4 Å². The molecular weight excluding hydrogens is 568 g/mol. The molecule has 2 aliphatic heterocycles. The number of aromatic nitrogens is 1. The van der Waals surface area contributed by atoms with E-state index >= 15 is 0 Å². The van der Waals surface area contributed by atoms with E-state index in [1.807, 2.05) is 73.0 Å². The van der Waals surface area contributed by atoms with Crippen molar-refractivity contribution in [3.05, 3.63) is 71.9 Å². The zero-order chi connectivity index (χ0) is 32.1. The lowest BCUT2D eigenvalue weighted by Crippen LogP contribution is -2.58. The highest BCUT2D eigenvalue weighted by molar-refractivity contribution is 5.99. The van der Waals surface area contributed by atoms with Crippen LogP contribution >= 0.6 is 0 Å². The lowest BCUT2D eigenvalue weighted by atomic mass is 9.91. The van der Waals surface area contributed by atoms with Gasteiger partial charge in [0.1, 0.15) is 11.3 Å². The highest BCUT2D eigenvalue weighted by Gasteiger charge is 2.41. The molecule has 2 atom stereocenters. The summed E-state index contributed by atoms with van der Waals surface area (Å²) in [5, 5.41) is 1.01. The van der Waals surface area contributed by atoms with Gasteiger partial charge in [0.05, 0.1) is 25.2 Å². The van der Waals surface area contributed by atoms with Crippen molar-refractivity contribution in [2.45, 2.75) is 65.6 Å². The molecule has 2 fully saturated rings. The number of fused-ring (bicyclic) bond motifs is 1. The molecule has 9 heteroatoms. The van der Waals surface area contributed by atoms with E-state index in [1.165, 1.54) is 5.56 Å². The van der Waals surface area contributed by atoms with Gasteiger partial charge in [-0.25, -0.2) is 4.79 Å². The largest absolute Gasteiger partial charge is 0.444 e. The maximum atomic E-state index is 14.7. The minimum Gasteiger partial charge on any atom is -0.444 e. The summed E-state index contributed by atoms with van der Waals surface area (Å²) < 4.78 is 13.4. The molecule has 242 valence electrons. The number of ether oxygens (including phenoxy) is 2. The lowest BCUT2D eigenvalue weighted by Gasteiger charge is -2.44. The minimum atomic E-state index is -0.680. The number of aryl methyl sites for hydroxylation is 2. The summed E-state index contributed by atoms with van der Waals surface area (Å²) in [6, 6.07) is 20.0. The SMILES string of the molecule is CC(C)CN(C(=O)c1cc2ccccc2n1CCc1ccccc1)[C@H]1C[C@@H](C(=O)N2CCOCC2)CN(C(=O)OC(C)(C)C)C1. The van der Waals surface area contributed by atoms with Crippen LogP contribution in [0.2, 0.25) is 0 Å². The van der Waals surface area contributed by atoms with Gasteiger partial charge in [-0.2, -0.15) is 0 Å². The van der Waals surface area contributed by atoms with Crippen LogP contribution in [0.15, 0.2) is 60.7 Å². The first-order valence-electron chi connectivity index (χ1n) is 16.3. The van der Waals surface area contributed by atoms with Crippen LogP contribution in [0.4, 0.5) is 4.79 Å². The number of hydrogen-bond donors (Lipinski definition) is 0. The summed E-state index contributed by atoms with van der Waals surface area (Å²) in [4.78, 5) is 47.3. The van der Waals surface area contributed by atoms with Crippen molar-refractivity contribution in [1.29, 1.82) is 0 Å². The van der Waals surface area contributed by atoms with Crippen LogP contribution in [0.1, 0.15) is 57.1 Å². The third-order valence-corrected chi connectivity index (χ3v) is 8.51. The normalized spacial score (nSPS) is 19.2. The molecule has 3 heterocycles. The topological polar surface area (TPSA) is 84.3 Å². The van der Waals surface area contributed by atoms with Crippen LogP contribution in [-0.4, -0.2) is 94.8 Å². The molecule has 45 heavy (non-hydrogen) atoms.